The molecule has 0 saturated carbocycles. The van der Waals surface area contributed by atoms with Gasteiger partial charge in [-0.1, -0.05) is 55.4 Å². The monoisotopic (exact) mass is 430 g/mol. The molecule has 0 amide bonds. The van der Waals surface area contributed by atoms with E-state index < -0.39 is 5.97 Å². The maximum absolute atomic E-state index is 11.3. The maximum atomic E-state index is 11.3. The molecule has 4 heteroatoms. The fourth-order valence-corrected chi connectivity index (χ4v) is 3.01. The second-order valence-electron chi connectivity index (χ2n) is 7.17. The Morgan fingerprint density at radius 1 is 1.23 bits per heavy atom. The molecule has 0 spiro atoms. The van der Waals surface area contributed by atoms with Gasteiger partial charge >= 0.3 is 38.7 Å². The molecule has 0 aliphatic heterocycles. The fraction of sp³-hybridized carbons (Fsp3) is 0.455. The number of ether oxygens (including phenoxy) is 1. The Morgan fingerprint density at radius 2 is 1.92 bits per heavy atom. The molecule has 0 aromatic heterocycles. The van der Waals surface area contributed by atoms with Crippen LogP contribution in [0.15, 0.2) is 58.7 Å². The molecule has 1 aliphatic carbocycles. The molecule has 0 saturated heterocycles. The van der Waals surface area contributed by atoms with E-state index in [0.29, 0.717) is 0 Å². The summed E-state index contributed by atoms with van der Waals surface area (Å²) in [6.45, 7) is 10.4. The molecule has 0 bridgehead atoms. The molecule has 0 atom stereocenters. The van der Waals surface area contributed by atoms with Gasteiger partial charge in [-0.05, 0) is 63.2 Å². The van der Waals surface area contributed by atoms with Crippen molar-refractivity contribution >= 4 is 12.3 Å². The van der Waals surface area contributed by atoms with Gasteiger partial charge in [-0.3, -0.25) is 0 Å². The molecule has 3 nitrogen and oxygen atoms in total. The van der Waals surface area contributed by atoms with Crippen molar-refractivity contribution in [3.05, 3.63) is 58.7 Å². The Labute approximate surface area is 183 Å². The number of carbonyl (C=O) groups is 1. The van der Waals surface area contributed by atoms with Crippen molar-refractivity contribution in [3.8, 4) is 0 Å². The summed E-state index contributed by atoms with van der Waals surface area (Å²) in [5.41, 5.74) is 5.08. The molecule has 26 heavy (non-hydrogen) atoms. The van der Waals surface area contributed by atoms with Crippen LogP contribution in [0.3, 0.4) is 0 Å². The van der Waals surface area contributed by atoms with Crippen molar-refractivity contribution in [2.75, 3.05) is 6.61 Å². The van der Waals surface area contributed by atoms with Crippen LogP contribution in [0.2, 0.25) is 0 Å². The summed E-state index contributed by atoms with van der Waals surface area (Å²) in [6.07, 6.45) is 16.7. The van der Waals surface area contributed by atoms with Crippen LogP contribution in [0.5, 0.6) is 0 Å². The molecule has 0 N–H and O–H groups in total. The van der Waals surface area contributed by atoms with E-state index in [-0.39, 0.29) is 44.7 Å². The first-order chi connectivity index (χ1) is 11.8. The van der Waals surface area contributed by atoms with Crippen LogP contribution in [-0.2, 0) is 47.0 Å². The van der Waals surface area contributed by atoms with Crippen LogP contribution >= 0.6 is 0 Å². The Balaban J connectivity index is 0.00000625. The molecule has 0 unspecified atom stereocenters. The van der Waals surface area contributed by atoms with E-state index in [1.807, 2.05) is 18.2 Å². The first kappa shape index (κ1) is 24.9. The summed E-state index contributed by atoms with van der Waals surface area (Å²) >= 11 is 0. The minimum absolute atomic E-state index is 0. The molecular formula is C22H29O3Y+2. The summed E-state index contributed by atoms with van der Waals surface area (Å²) < 4.78 is 4.62. The zero-order chi connectivity index (χ0) is 18.9. The van der Waals surface area contributed by atoms with Gasteiger partial charge in [0, 0.05) is 6.08 Å². The second kappa shape index (κ2) is 12.4. The average molecular weight is 430 g/mol. The van der Waals surface area contributed by atoms with E-state index in [2.05, 4.69) is 44.6 Å². The van der Waals surface area contributed by atoms with E-state index >= 15 is 0 Å². The number of hydrogen-bond acceptors (Lipinski definition) is 3. The normalized spacial score (nSPS) is 18.2. The topological polar surface area (TPSA) is 43.4 Å². The van der Waals surface area contributed by atoms with Gasteiger partial charge in [0.05, 0.1) is 0 Å². The van der Waals surface area contributed by atoms with Gasteiger partial charge < -0.3 is 9.53 Å². The van der Waals surface area contributed by atoms with Gasteiger partial charge in [-0.15, -0.1) is 0 Å². The van der Waals surface area contributed by atoms with Gasteiger partial charge in [0.1, 0.15) is 0 Å². The van der Waals surface area contributed by atoms with Gasteiger partial charge in [-0.25, -0.2) is 11.1 Å². The van der Waals surface area contributed by atoms with Crippen molar-refractivity contribution in [2.24, 2.45) is 5.41 Å². The first-order valence-corrected chi connectivity index (χ1v) is 8.69. The zero-order valence-electron chi connectivity index (χ0n) is 16.6. The van der Waals surface area contributed by atoms with Crippen LogP contribution in [0.4, 0.5) is 0 Å². The van der Waals surface area contributed by atoms with Crippen molar-refractivity contribution in [3.63, 3.8) is 0 Å². The zero-order valence-corrected chi connectivity index (χ0v) is 19.4. The van der Waals surface area contributed by atoms with Gasteiger partial charge in [0.2, 0.25) is 0 Å². The number of esters is 1. The van der Waals surface area contributed by atoms with Crippen molar-refractivity contribution in [1.82, 2.24) is 0 Å². The van der Waals surface area contributed by atoms with Crippen LogP contribution in [0.25, 0.3) is 0 Å². The third-order valence-electron chi connectivity index (χ3n) is 4.39. The number of hydrogen-bond donors (Lipinski definition) is 0. The van der Waals surface area contributed by atoms with Crippen LogP contribution in [-0.4, -0.2) is 18.9 Å². The van der Waals surface area contributed by atoms with E-state index in [0.717, 1.165) is 11.1 Å². The summed E-state index contributed by atoms with van der Waals surface area (Å²) in [4.78, 5) is 21.4. The van der Waals surface area contributed by atoms with Crippen molar-refractivity contribution in [2.45, 2.75) is 53.9 Å². The molecule has 0 aromatic rings. The number of rotatable bonds is 7. The summed E-state index contributed by atoms with van der Waals surface area (Å²) in [7, 11) is 0. The Morgan fingerprint density at radius 3 is 2.54 bits per heavy atom. The molecule has 0 fully saturated rings. The predicted octanol–water partition coefficient (Wildman–Crippen LogP) is 5.17. The van der Waals surface area contributed by atoms with Gasteiger partial charge in [0.25, 0.3) is 0 Å². The maximum Gasteiger partial charge on any atom is 3.00 e. The molecule has 1 aliphatic rings. The van der Waals surface area contributed by atoms with Crippen molar-refractivity contribution in [1.29, 1.82) is 0 Å². The third kappa shape index (κ3) is 9.05. The van der Waals surface area contributed by atoms with Gasteiger partial charge in [-0.2, -0.15) is 0 Å². The minimum atomic E-state index is -0.534. The minimum Gasteiger partial charge on any atom is -0.539 e. The second-order valence-corrected chi connectivity index (χ2v) is 7.17. The number of allylic oxidation sites excluding steroid dienone is 9. The van der Waals surface area contributed by atoms with Crippen LogP contribution < -0.4 is 0 Å². The van der Waals surface area contributed by atoms with Crippen LogP contribution in [0, 0.1) is 5.41 Å². The summed E-state index contributed by atoms with van der Waals surface area (Å²) in [5.74, 6) is -0.534. The predicted molar refractivity (Wildman–Crippen MR) is 103 cm³/mol. The average Bonchev–Trinajstić information content (AvgIpc) is 2.51. The van der Waals surface area contributed by atoms with E-state index in [4.69, 9.17) is 0 Å². The Bertz CT molecular complexity index is 646. The van der Waals surface area contributed by atoms with Crippen molar-refractivity contribution < 1.29 is 47.0 Å². The number of carbonyl (C=O) groups excluding carboxylic acids is 2. The quantitative estimate of drug-likeness (QED) is 0.242. The molecular weight excluding hydrogens is 401 g/mol. The Kier molecular flexibility index (Phi) is 11.9. The molecule has 136 valence electrons. The summed E-state index contributed by atoms with van der Waals surface area (Å²) in [5, 5.41) is 0. The van der Waals surface area contributed by atoms with E-state index in [1.54, 1.807) is 6.92 Å². The van der Waals surface area contributed by atoms with Gasteiger partial charge in [0.15, 0.2) is 0 Å². The molecule has 0 radical (unpaired) electrons. The largest absolute Gasteiger partial charge is 3.00 e. The summed E-state index contributed by atoms with van der Waals surface area (Å²) in [6, 6.07) is 0. The SMILES string of the molecule is CC1=C(/C=C/C(C)=C/C=C/C(C)=C/C(=O)OC[C-]=O)C(C)(C)CCC1.[Y+3]. The third-order valence-corrected chi connectivity index (χ3v) is 4.39. The molecule has 1 rings (SSSR count). The smallest absolute Gasteiger partial charge is 0.539 e. The fourth-order valence-electron chi connectivity index (χ4n) is 3.01. The molecule has 0 heterocycles. The standard InChI is InChI=1S/C22H29O3.Y/c1-17(8-6-9-18(2)16-21(24)25-15-14-23)11-12-20-19(3)10-7-13-22(20,4)5;/h6,8-9,11-12,16H,7,10,13,15H2,1-5H3;/q-1;+3/b9-6+,12-11+,17-8+,18-16+;. The van der Waals surface area contributed by atoms with E-state index in [1.165, 1.54) is 42.8 Å². The molecule has 0 aromatic carbocycles. The Hall–Kier alpha value is -1.06. The van der Waals surface area contributed by atoms with E-state index in [9.17, 15) is 9.59 Å². The first-order valence-electron chi connectivity index (χ1n) is 8.69. The van der Waals surface area contributed by atoms with Crippen LogP contribution in [0.1, 0.15) is 53.9 Å².